The van der Waals surface area contributed by atoms with Crippen molar-refractivity contribution in [3.63, 3.8) is 0 Å². The molecule has 10 unspecified atom stereocenters. The van der Waals surface area contributed by atoms with E-state index in [1.54, 1.807) is 27.5 Å². The monoisotopic (exact) mass is 485 g/mol. The van der Waals surface area contributed by atoms with Crippen molar-refractivity contribution in [1.82, 2.24) is 5.32 Å². The molecule has 1 heterocycles. The number of methoxy groups -OCH3 is 3. The Balaban J connectivity index is 1.28. The lowest BCUT2D eigenvalue weighted by molar-refractivity contribution is -0.0981. The molecule has 1 aliphatic heterocycles. The first-order valence-electron chi connectivity index (χ1n) is 13.0. The van der Waals surface area contributed by atoms with Gasteiger partial charge >= 0.3 is 0 Å². The Morgan fingerprint density at radius 3 is 2.46 bits per heavy atom. The topological polar surface area (TPSA) is 121 Å². The summed E-state index contributed by atoms with van der Waals surface area (Å²) in [5, 5.41) is 23.2. The summed E-state index contributed by atoms with van der Waals surface area (Å²) in [6.45, 7) is 0.666. The number of nitrogens with one attached hydrogen (secondary N) is 1. The number of nitriles is 2. The van der Waals surface area contributed by atoms with Crippen LogP contribution in [0.4, 0.5) is 0 Å². The fraction of sp³-hybridized carbons (Fsp3) is 0.846. The highest BCUT2D eigenvalue weighted by Crippen LogP contribution is 2.34. The number of rotatable bonds is 7. The van der Waals surface area contributed by atoms with Crippen LogP contribution in [0.2, 0.25) is 0 Å². The zero-order valence-electron chi connectivity index (χ0n) is 21.1. The Hall–Kier alpha value is -2.04. The van der Waals surface area contributed by atoms with Crippen molar-refractivity contribution < 1.29 is 18.9 Å². The zero-order valence-corrected chi connectivity index (χ0v) is 21.1. The van der Waals surface area contributed by atoms with Gasteiger partial charge in [-0.05, 0) is 57.3 Å². The fourth-order valence-electron chi connectivity index (χ4n) is 6.36. The molecule has 4 aliphatic rings. The van der Waals surface area contributed by atoms with E-state index in [9.17, 15) is 10.5 Å². The average molecular weight is 486 g/mol. The van der Waals surface area contributed by atoms with Crippen LogP contribution in [-0.2, 0) is 18.9 Å². The van der Waals surface area contributed by atoms with Crippen molar-refractivity contribution >= 4 is 12.1 Å². The molecule has 3 saturated carbocycles. The van der Waals surface area contributed by atoms with Crippen LogP contribution in [0.1, 0.15) is 51.4 Å². The first-order chi connectivity index (χ1) is 17.1. The lowest BCUT2D eigenvalue weighted by Gasteiger charge is -2.42. The number of aliphatic imine (C=N–C) groups is 2. The van der Waals surface area contributed by atoms with E-state index in [4.69, 9.17) is 18.9 Å². The average Bonchev–Trinajstić information content (AvgIpc) is 2.91. The van der Waals surface area contributed by atoms with E-state index >= 15 is 0 Å². The molecule has 0 aromatic rings. The van der Waals surface area contributed by atoms with Gasteiger partial charge in [0.05, 0.1) is 67.7 Å². The summed E-state index contributed by atoms with van der Waals surface area (Å²) in [6, 6.07) is 5.17. The molecule has 4 rings (SSSR count). The van der Waals surface area contributed by atoms with Crippen LogP contribution >= 0.6 is 0 Å². The predicted molar refractivity (Wildman–Crippen MR) is 131 cm³/mol. The van der Waals surface area contributed by atoms with E-state index in [1.165, 1.54) is 0 Å². The van der Waals surface area contributed by atoms with Crippen molar-refractivity contribution in [3.05, 3.63) is 0 Å². The summed E-state index contributed by atoms with van der Waals surface area (Å²) in [6.07, 6.45) is 9.14. The van der Waals surface area contributed by atoms with Crippen LogP contribution < -0.4 is 5.32 Å². The Kier molecular flexibility index (Phi) is 9.13. The van der Waals surface area contributed by atoms with Crippen LogP contribution in [0.3, 0.4) is 0 Å². The minimum absolute atomic E-state index is 0.0117. The molecular formula is C26H39N5O4. The third-order valence-corrected chi connectivity index (χ3v) is 8.37. The van der Waals surface area contributed by atoms with Crippen molar-refractivity contribution in [3.8, 4) is 12.1 Å². The Morgan fingerprint density at radius 1 is 0.943 bits per heavy atom. The van der Waals surface area contributed by atoms with Crippen molar-refractivity contribution in [2.45, 2.75) is 93.8 Å². The molecule has 0 bridgehead atoms. The van der Waals surface area contributed by atoms with E-state index in [2.05, 4.69) is 27.4 Å². The molecule has 1 N–H and O–H groups in total. The molecule has 3 fully saturated rings. The number of ether oxygens (including phenoxy) is 4. The molecule has 0 radical (unpaired) electrons. The number of hydrogen-bond acceptors (Lipinski definition) is 9. The lowest BCUT2D eigenvalue weighted by Crippen LogP contribution is -2.55. The number of fused-ring (bicyclic) bond motifs is 1. The minimum atomic E-state index is -0.235. The largest absolute Gasteiger partial charge is 0.480 e. The highest BCUT2D eigenvalue weighted by atomic mass is 16.5. The zero-order chi connectivity index (χ0) is 24.8. The highest BCUT2D eigenvalue weighted by molar-refractivity contribution is 6.26. The van der Waals surface area contributed by atoms with E-state index in [1.807, 2.05) is 0 Å². The predicted octanol–water partition coefficient (Wildman–Crippen LogP) is 2.65. The lowest BCUT2D eigenvalue weighted by atomic mass is 9.77. The maximum Gasteiger partial charge on any atom is 0.227 e. The fourth-order valence-corrected chi connectivity index (χ4v) is 6.36. The third-order valence-electron chi connectivity index (χ3n) is 8.37. The third kappa shape index (κ3) is 6.03. The van der Waals surface area contributed by atoms with Crippen LogP contribution in [-0.4, -0.2) is 82.5 Å². The quantitative estimate of drug-likeness (QED) is 0.588. The standard InChI is InChI=1S/C26H39N5O4/c1-32-22-8-4-16(10-17(22)12-27)15-35-23-9-5-18(11-24(23)33-2)30-20-6-7-21-26(19(20)13-28)31-25(34-3)14-29-21/h14,16-24,26,30H,4-11,15H2,1-3H3. The Morgan fingerprint density at radius 2 is 1.74 bits per heavy atom. The molecule has 0 amide bonds. The van der Waals surface area contributed by atoms with Gasteiger partial charge in [-0.15, -0.1) is 0 Å². The van der Waals surface area contributed by atoms with Crippen LogP contribution in [0.5, 0.6) is 0 Å². The van der Waals surface area contributed by atoms with Gasteiger partial charge in [0.2, 0.25) is 5.90 Å². The van der Waals surface area contributed by atoms with Crippen LogP contribution in [0, 0.1) is 40.4 Å². The van der Waals surface area contributed by atoms with Gasteiger partial charge in [0.1, 0.15) is 0 Å². The molecule has 0 spiro atoms. The van der Waals surface area contributed by atoms with E-state index in [0.29, 0.717) is 18.4 Å². The highest BCUT2D eigenvalue weighted by Gasteiger charge is 2.43. The molecule has 35 heavy (non-hydrogen) atoms. The smallest absolute Gasteiger partial charge is 0.227 e. The normalized spacial score (nSPS) is 41.2. The molecular weight excluding hydrogens is 446 g/mol. The Labute approximate surface area is 208 Å². The number of nitrogens with zero attached hydrogens (tertiary/aromatic N) is 4. The van der Waals surface area contributed by atoms with Gasteiger partial charge in [-0.3, -0.25) is 4.99 Å². The summed E-state index contributed by atoms with van der Waals surface area (Å²) < 4.78 is 22.9. The van der Waals surface area contributed by atoms with Crippen LogP contribution in [0.15, 0.2) is 9.98 Å². The van der Waals surface area contributed by atoms with Crippen LogP contribution in [0.25, 0.3) is 0 Å². The molecule has 0 aromatic heterocycles. The molecule has 0 saturated heterocycles. The summed E-state index contributed by atoms with van der Waals surface area (Å²) >= 11 is 0. The van der Waals surface area contributed by atoms with Gasteiger partial charge in [0, 0.05) is 32.9 Å². The SMILES string of the molecule is COC1=NC2C(CCC(NC3CCC(OCC4CCC(OC)C(C#N)C4)C(OC)C3)C2C#N)N=C1. The van der Waals surface area contributed by atoms with Gasteiger partial charge in [-0.2, -0.15) is 10.5 Å². The second-order valence-corrected chi connectivity index (χ2v) is 10.4. The molecule has 192 valence electrons. The maximum absolute atomic E-state index is 9.97. The van der Waals surface area contributed by atoms with Gasteiger partial charge in [-0.25, -0.2) is 4.99 Å². The van der Waals surface area contributed by atoms with E-state index < -0.39 is 0 Å². The van der Waals surface area contributed by atoms with Crippen molar-refractivity contribution in [1.29, 1.82) is 10.5 Å². The summed E-state index contributed by atoms with van der Waals surface area (Å²) in [5.74, 6) is 0.604. The van der Waals surface area contributed by atoms with E-state index in [-0.39, 0.29) is 54.3 Å². The van der Waals surface area contributed by atoms with Gasteiger partial charge in [0.15, 0.2) is 0 Å². The van der Waals surface area contributed by atoms with Crippen molar-refractivity contribution in [2.24, 2.45) is 27.7 Å². The van der Waals surface area contributed by atoms with Gasteiger partial charge in [-0.1, -0.05) is 0 Å². The summed E-state index contributed by atoms with van der Waals surface area (Å²) in [5.41, 5.74) is 0. The minimum Gasteiger partial charge on any atom is -0.480 e. The summed E-state index contributed by atoms with van der Waals surface area (Å²) in [7, 11) is 5.03. The number of hydrogen-bond donors (Lipinski definition) is 1. The second kappa shape index (κ2) is 12.3. The summed E-state index contributed by atoms with van der Waals surface area (Å²) in [4.78, 5) is 9.24. The van der Waals surface area contributed by atoms with Gasteiger partial charge < -0.3 is 24.3 Å². The maximum atomic E-state index is 9.97. The first kappa shape index (κ1) is 26.0. The van der Waals surface area contributed by atoms with Crippen molar-refractivity contribution in [2.75, 3.05) is 27.9 Å². The van der Waals surface area contributed by atoms with Gasteiger partial charge in [0.25, 0.3) is 0 Å². The van der Waals surface area contributed by atoms with E-state index in [0.717, 1.165) is 51.4 Å². The molecule has 9 nitrogen and oxygen atoms in total. The second-order valence-electron chi connectivity index (χ2n) is 10.4. The molecule has 10 atom stereocenters. The Bertz CT molecular complexity index is 852. The molecule has 0 aromatic carbocycles. The molecule has 3 aliphatic carbocycles. The molecule has 9 heteroatoms. The first-order valence-corrected chi connectivity index (χ1v) is 13.0.